The Kier molecular flexibility index (Phi) is 4.18. The van der Waals surface area contributed by atoms with Gasteiger partial charge in [-0.05, 0) is 32.2 Å². The van der Waals surface area contributed by atoms with E-state index in [1.807, 2.05) is 0 Å². The van der Waals surface area contributed by atoms with Gasteiger partial charge in [-0.1, -0.05) is 0 Å². The molecule has 1 aliphatic rings. The molecule has 0 radical (unpaired) electrons. The zero-order chi connectivity index (χ0) is 9.68. The molecule has 1 saturated heterocycles. The molecule has 0 aliphatic carbocycles. The van der Waals surface area contributed by atoms with Gasteiger partial charge >= 0.3 is 5.97 Å². The van der Waals surface area contributed by atoms with Crippen molar-refractivity contribution in [2.45, 2.75) is 37.9 Å². The first-order valence-corrected chi connectivity index (χ1v) is 4.71. The quantitative estimate of drug-likeness (QED) is 0.649. The monoisotopic (exact) mass is 187 g/mol. The lowest BCUT2D eigenvalue weighted by atomic mass is 10.1. The first kappa shape index (κ1) is 10.5. The van der Waals surface area contributed by atoms with E-state index in [-0.39, 0.29) is 18.2 Å². The molecule has 0 spiro atoms. The van der Waals surface area contributed by atoms with Gasteiger partial charge in [0.1, 0.15) is 0 Å². The Hall–Kier alpha value is -0.610. The molecule has 4 heteroatoms. The van der Waals surface area contributed by atoms with Gasteiger partial charge in [-0.15, -0.1) is 0 Å². The predicted octanol–water partition coefficient (Wildman–Crippen LogP) is 0.446. The van der Waals surface area contributed by atoms with Crippen molar-refractivity contribution in [3.05, 3.63) is 0 Å². The minimum absolute atomic E-state index is 0.202. The summed E-state index contributed by atoms with van der Waals surface area (Å²) in [5.74, 6) is -0.254. The SMILES string of the molecule is COC(=O)C1CCC(CCCN)O1. The molecule has 0 saturated carbocycles. The number of esters is 1. The van der Waals surface area contributed by atoms with Gasteiger partial charge in [0.25, 0.3) is 0 Å². The van der Waals surface area contributed by atoms with Gasteiger partial charge in [-0.25, -0.2) is 4.79 Å². The molecule has 1 heterocycles. The molecule has 1 aliphatic heterocycles. The van der Waals surface area contributed by atoms with Crippen LogP contribution in [-0.4, -0.2) is 31.8 Å². The molecular weight excluding hydrogens is 170 g/mol. The maximum absolute atomic E-state index is 11.1. The van der Waals surface area contributed by atoms with E-state index < -0.39 is 0 Å². The number of carbonyl (C=O) groups excluding carboxylic acids is 1. The number of hydrogen-bond acceptors (Lipinski definition) is 4. The van der Waals surface area contributed by atoms with Crippen LogP contribution in [0.4, 0.5) is 0 Å². The summed E-state index contributed by atoms with van der Waals surface area (Å²) in [5, 5.41) is 0. The average Bonchev–Trinajstić information content (AvgIpc) is 2.62. The summed E-state index contributed by atoms with van der Waals surface area (Å²) < 4.78 is 10.1. The van der Waals surface area contributed by atoms with Crippen LogP contribution in [0.1, 0.15) is 25.7 Å². The lowest BCUT2D eigenvalue weighted by Crippen LogP contribution is -2.22. The average molecular weight is 187 g/mol. The van der Waals surface area contributed by atoms with Crippen molar-refractivity contribution in [3.63, 3.8) is 0 Å². The lowest BCUT2D eigenvalue weighted by molar-refractivity contribution is -0.153. The normalized spacial score (nSPS) is 27.5. The number of methoxy groups -OCH3 is 1. The summed E-state index contributed by atoms with van der Waals surface area (Å²) in [7, 11) is 1.39. The minimum Gasteiger partial charge on any atom is -0.467 e. The summed E-state index contributed by atoms with van der Waals surface area (Å²) in [5.41, 5.74) is 5.38. The fourth-order valence-electron chi connectivity index (χ4n) is 1.57. The molecule has 0 bridgehead atoms. The highest BCUT2D eigenvalue weighted by atomic mass is 16.6. The molecule has 2 atom stereocenters. The molecule has 0 amide bonds. The second-order valence-electron chi connectivity index (χ2n) is 3.28. The zero-order valence-electron chi connectivity index (χ0n) is 7.99. The second kappa shape index (κ2) is 5.19. The summed E-state index contributed by atoms with van der Waals surface area (Å²) >= 11 is 0. The zero-order valence-corrected chi connectivity index (χ0v) is 7.99. The van der Waals surface area contributed by atoms with Crippen molar-refractivity contribution in [3.8, 4) is 0 Å². The standard InChI is InChI=1S/C9H17NO3/c1-12-9(11)8-5-4-7(13-8)3-2-6-10/h7-8H,2-6,10H2,1H3. The summed E-state index contributed by atoms with van der Waals surface area (Å²) in [6.07, 6.45) is 3.49. The molecule has 0 aromatic rings. The third-order valence-corrected chi connectivity index (χ3v) is 2.30. The number of rotatable bonds is 4. The first-order chi connectivity index (χ1) is 6.27. The van der Waals surface area contributed by atoms with E-state index in [1.54, 1.807) is 0 Å². The van der Waals surface area contributed by atoms with Crippen LogP contribution in [0.25, 0.3) is 0 Å². The van der Waals surface area contributed by atoms with E-state index in [0.29, 0.717) is 6.54 Å². The number of nitrogens with two attached hydrogens (primary N) is 1. The predicted molar refractivity (Wildman–Crippen MR) is 48.2 cm³/mol. The lowest BCUT2D eigenvalue weighted by Gasteiger charge is -2.11. The van der Waals surface area contributed by atoms with Crippen LogP contribution in [0.3, 0.4) is 0 Å². The van der Waals surface area contributed by atoms with Crippen molar-refractivity contribution in [1.29, 1.82) is 0 Å². The topological polar surface area (TPSA) is 61.5 Å². The maximum Gasteiger partial charge on any atom is 0.334 e. The molecule has 0 aromatic carbocycles. The van der Waals surface area contributed by atoms with E-state index in [4.69, 9.17) is 10.5 Å². The number of hydrogen-bond donors (Lipinski definition) is 1. The molecule has 4 nitrogen and oxygen atoms in total. The number of ether oxygens (including phenoxy) is 2. The molecule has 2 unspecified atom stereocenters. The Morgan fingerprint density at radius 1 is 1.62 bits per heavy atom. The van der Waals surface area contributed by atoms with Gasteiger partial charge in [0.2, 0.25) is 0 Å². The Labute approximate surface area is 78.4 Å². The molecular formula is C9H17NO3. The summed E-state index contributed by atoms with van der Waals surface area (Å²) in [6, 6.07) is 0. The van der Waals surface area contributed by atoms with Crippen molar-refractivity contribution >= 4 is 5.97 Å². The third kappa shape index (κ3) is 2.97. The van der Waals surface area contributed by atoms with E-state index >= 15 is 0 Å². The molecule has 76 valence electrons. The van der Waals surface area contributed by atoms with Gasteiger partial charge in [-0.3, -0.25) is 0 Å². The van der Waals surface area contributed by atoms with E-state index in [9.17, 15) is 4.79 Å². The number of carbonyl (C=O) groups is 1. The molecule has 0 aromatic heterocycles. The van der Waals surface area contributed by atoms with Crippen LogP contribution in [0.15, 0.2) is 0 Å². The highest BCUT2D eigenvalue weighted by molar-refractivity contribution is 5.74. The van der Waals surface area contributed by atoms with Crippen molar-refractivity contribution in [2.75, 3.05) is 13.7 Å². The molecule has 1 fully saturated rings. The maximum atomic E-state index is 11.1. The van der Waals surface area contributed by atoms with Gasteiger partial charge in [0, 0.05) is 0 Å². The van der Waals surface area contributed by atoms with Crippen LogP contribution in [0.5, 0.6) is 0 Å². The van der Waals surface area contributed by atoms with Crippen molar-refractivity contribution in [1.82, 2.24) is 0 Å². The smallest absolute Gasteiger partial charge is 0.334 e. The first-order valence-electron chi connectivity index (χ1n) is 4.71. The second-order valence-corrected chi connectivity index (χ2v) is 3.28. The molecule has 2 N–H and O–H groups in total. The summed E-state index contributed by atoms with van der Waals surface area (Å²) in [4.78, 5) is 11.1. The fourth-order valence-corrected chi connectivity index (χ4v) is 1.57. The Bertz CT molecular complexity index is 172. The van der Waals surface area contributed by atoms with E-state index in [1.165, 1.54) is 7.11 Å². The molecule has 1 rings (SSSR count). The highest BCUT2D eigenvalue weighted by Gasteiger charge is 2.30. The van der Waals surface area contributed by atoms with Gasteiger partial charge in [0.15, 0.2) is 6.10 Å². The molecule has 13 heavy (non-hydrogen) atoms. The van der Waals surface area contributed by atoms with Crippen LogP contribution >= 0.6 is 0 Å². The summed E-state index contributed by atoms with van der Waals surface area (Å²) in [6.45, 7) is 0.683. The Morgan fingerprint density at radius 2 is 2.38 bits per heavy atom. The van der Waals surface area contributed by atoms with E-state index in [2.05, 4.69) is 4.74 Å². The highest BCUT2D eigenvalue weighted by Crippen LogP contribution is 2.23. The van der Waals surface area contributed by atoms with Gasteiger partial charge in [-0.2, -0.15) is 0 Å². The van der Waals surface area contributed by atoms with Crippen LogP contribution in [0.2, 0.25) is 0 Å². The Morgan fingerprint density at radius 3 is 3.00 bits per heavy atom. The van der Waals surface area contributed by atoms with Gasteiger partial charge in [0.05, 0.1) is 13.2 Å². The Balaban J connectivity index is 2.23. The minimum atomic E-state index is -0.340. The van der Waals surface area contributed by atoms with Crippen molar-refractivity contribution in [2.24, 2.45) is 5.73 Å². The van der Waals surface area contributed by atoms with Crippen LogP contribution in [-0.2, 0) is 14.3 Å². The fraction of sp³-hybridized carbons (Fsp3) is 0.889. The van der Waals surface area contributed by atoms with E-state index in [0.717, 1.165) is 25.7 Å². The van der Waals surface area contributed by atoms with Crippen molar-refractivity contribution < 1.29 is 14.3 Å². The largest absolute Gasteiger partial charge is 0.467 e. The van der Waals surface area contributed by atoms with Crippen LogP contribution in [0, 0.1) is 0 Å². The van der Waals surface area contributed by atoms with Gasteiger partial charge < -0.3 is 15.2 Å². The van der Waals surface area contributed by atoms with Crippen LogP contribution < -0.4 is 5.73 Å². The third-order valence-electron chi connectivity index (χ3n) is 2.30.